The summed E-state index contributed by atoms with van der Waals surface area (Å²) in [6, 6.07) is 0. The predicted octanol–water partition coefficient (Wildman–Crippen LogP) is 3.01. The number of rotatable bonds is 4. The highest BCUT2D eigenvalue weighted by molar-refractivity contribution is 4.96. The number of ether oxygens (including phenoxy) is 1. The van der Waals surface area contributed by atoms with Crippen LogP contribution in [-0.4, -0.2) is 35.5 Å². The van der Waals surface area contributed by atoms with E-state index in [9.17, 15) is 5.11 Å². The number of nitrogens with one attached hydrogen (secondary N) is 1. The normalized spacial score (nSPS) is 40.5. The van der Waals surface area contributed by atoms with Gasteiger partial charge < -0.3 is 15.2 Å². The lowest BCUT2D eigenvalue weighted by Crippen LogP contribution is -2.53. The molecule has 0 aromatic carbocycles. The molecule has 0 aromatic heterocycles. The Morgan fingerprint density at radius 1 is 1.05 bits per heavy atom. The highest BCUT2D eigenvalue weighted by Gasteiger charge is 2.43. The van der Waals surface area contributed by atoms with Crippen molar-refractivity contribution in [3.63, 3.8) is 0 Å². The highest BCUT2D eigenvalue weighted by Crippen LogP contribution is 2.43. The molecule has 3 aliphatic rings. The monoisotopic (exact) mass is 281 g/mol. The van der Waals surface area contributed by atoms with Gasteiger partial charge in [-0.15, -0.1) is 0 Å². The SMILES string of the molecule is CC1CCC(CO)(NCC2CCC3(CCCC3)O2)CC1. The van der Waals surface area contributed by atoms with Crippen LogP contribution in [0.1, 0.15) is 71.1 Å². The molecule has 1 unspecified atom stereocenters. The first-order chi connectivity index (χ1) is 9.65. The summed E-state index contributed by atoms with van der Waals surface area (Å²) < 4.78 is 6.37. The number of aliphatic hydroxyl groups is 1. The third-order valence-corrected chi connectivity index (χ3v) is 6.09. The summed E-state index contributed by atoms with van der Waals surface area (Å²) in [5.74, 6) is 0.820. The molecule has 20 heavy (non-hydrogen) atoms. The summed E-state index contributed by atoms with van der Waals surface area (Å²) in [6.07, 6.45) is 12.8. The summed E-state index contributed by atoms with van der Waals surface area (Å²) in [4.78, 5) is 0. The lowest BCUT2D eigenvalue weighted by atomic mass is 9.77. The molecule has 0 radical (unpaired) electrons. The second-order valence-corrected chi connectivity index (χ2v) is 7.67. The Bertz CT molecular complexity index is 317. The minimum atomic E-state index is -0.0265. The van der Waals surface area contributed by atoms with Crippen LogP contribution in [0.2, 0.25) is 0 Å². The van der Waals surface area contributed by atoms with E-state index in [2.05, 4.69) is 12.2 Å². The summed E-state index contributed by atoms with van der Waals surface area (Å²) in [6.45, 7) is 3.53. The second-order valence-electron chi connectivity index (χ2n) is 7.67. The molecule has 3 fully saturated rings. The van der Waals surface area contributed by atoms with Crippen molar-refractivity contribution in [1.29, 1.82) is 0 Å². The first-order valence-corrected chi connectivity index (χ1v) is 8.69. The molecular weight excluding hydrogens is 250 g/mol. The molecule has 116 valence electrons. The van der Waals surface area contributed by atoms with Gasteiger partial charge in [-0.2, -0.15) is 0 Å². The average molecular weight is 281 g/mol. The molecule has 1 atom stereocenters. The van der Waals surface area contributed by atoms with Crippen molar-refractivity contribution >= 4 is 0 Å². The third kappa shape index (κ3) is 3.05. The van der Waals surface area contributed by atoms with Crippen molar-refractivity contribution in [2.45, 2.75) is 88.4 Å². The zero-order chi connectivity index (χ0) is 14.1. The summed E-state index contributed by atoms with van der Waals surface area (Å²) in [5.41, 5.74) is 0.209. The van der Waals surface area contributed by atoms with Crippen LogP contribution in [0.5, 0.6) is 0 Å². The van der Waals surface area contributed by atoms with E-state index in [0.717, 1.165) is 25.3 Å². The highest BCUT2D eigenvalue weighted by atomic mass is 16.5. The van der Waals surface area contributed by atoms with Gasteiger partial charge in [0.1, 0.15) is 0 Å². The summed E-state index contributed by atoms with van der Waals surface area (Å²) in [7, 11) is 0. The standard InChI is InChI=1S/C17H31NO2/c1-14-4-9-16(13-19,10-5-14)18-12-15-6-11-17(20-15)7-2-3-8-17/h14-15,18-19H,2-13H2,1H3. The minimum Gasteiger partial charge on any atom is -0.394 e. The maximum atomic E-state index is 9.80. The molecule has 3 nitrogen and oxygen atoms in total. The van der Waals surface area contributed by atoms with E-state index >= 15 is 0 Å². The maximum Gasteiger partial charge on any atom is 0.0708 e. The molecule has 0 amide bonds. The minimum absolute atomic E-state index is 0.0265. The largest absolute Gasteiger partial charge is 0.394 e. The van der Waals surface area contributed by atoms with E-state index in [-0.39, 0.29) is 17.7 Å². The van der Waals surface area contributed by atoms with Crippen LogP contribution in [0.15, 0.2) is 0 Å². The van der Waals surface area contributed by atoms with E-state index < -0.39 is 0 Å². The van der Waals surface area contributed by atoms with Gasteiger partial charge in [0, 0.05) is 12.1 Å². The van der Waals surface area contributed by atoms with Gasteiger partial charge in [-0.05, 0) is 57.3 Å². The Morgan fingerprint density at radius 2 is 1.75 bits per heavy atom. The van der Waals surface area contributed by atoms with Gasteiger partial charge in [0.25, 0.3) is 0 Å². The second kappa shape index (κ2) is 5.94. The molecule has 0 bridgehead atoms. The van der Waals surface area contributed by atoms with Crippen molar-refractivity contribution in [3.8, 4) is 0 Å². The molecule has 3 heteroatoms. The molecule has 1 aliphatic heterocycles. The molecule has 0 aromatic rings. The molecule has 2 aliphatic carbocycles. The van der Waals surface area contributed by atoms with Crippen LogP contribution in [0.4, 0.5) is 0 Å². The maximum absolute atomic E-state index is 9.80. The molecule has 3 rings (SSSR count). The van der Waals surface area contributed by atoms with Crippen molar-refractivity contribution < 1.29 is 9.84 Å². The van der Waals surface area contributed by atoms with Crippen LogP contribution >= 0.6 is 0 Å². The Labute approximate surface area is 123 Å². The van der Waals surface area contributed by atoms with Crippen molar-refractivity contribution in [2.75, 3.05) is 13.2 Å². The lowest BCUT2D eigenvalue weighted by molar-refractivity contribution is -0.0401. The molecular formula is C17H31NO2. The van der Waals surface area contributed by atoms with Crippen molar-refractivity contribution in [3.05, 3.63) is 0 Å². The predicted molar refractivity (Wildman–Crippen MR) is 80.8 cm³/mol. The van der Waals surface area contributed by atoms with E-state index in [0.29, 0.717) is 6.10 Å². The van der Waals surface area contributed by atoms with E-state index in [1.54, 1.807) is 0 Å². The Morgan fingerprint density at radius 3 is 2.40 bits per heavy atom. The number of hydrogen-bond acceptors (Lipinski definition) is 3. The van der Waals surface area contributed by atoms with Gasteiger partial charge in [0.15, 0.2) is 0 Å². The van der Waals surface area contributed by atoms with E-state index in [1.807, 2.05) is 0 Å². The van der Waals surface area contributed by atoms with Gasteiger partial charge in [0.05, 0.1) is 18.3 Å². The summed E-state index contributed by atoms with van der Waals surface area (Å²) in [5, 5.41) is 13.5. The Hall–Kier alpha value is -0.120. The van der Waals surface area contributed by atoms with E-state index in [4.69, 9.17) is 4.74 Å². The molecule has 1 saturated heterocycles. The van der Waals surface area contributed by atoms with Crippen molar-refractivity contribution in [1.82, 2.24) is 5.32 Å². The Balaban J connectivity index is 1.49. The number of aliphatic hydroxyl groups excluding tert-OH is 1. The molecule has 2 N–H and O–H groups in total. The number of hydrogen-bond donors (Lipinski definition) is 2. The van der Waals surface area contributed by atoms with Gasteiger partial charge in [-0.25, -0.2) is 0 Å². The molecule has 2 saturated carbocycles. The fourth-order valence-corrected chi connectivity index (χ4v) is 4.46. The fraction of sp³-hybridized carbons (Fsp3) is 1.00. The Kier molecular flexibility index (Phi) is 4.40. The van der Waals surface area contributed by atoms with Crippen molar-refractivity contribution in [2.24, 2.45) is 5.92 Å². The smallest absolute Gasteiger partial charge is 0.0708 e. The van der Waals surface area contributed by atoms with Crippen LogP contribution < -0.4 is 5.32 Å². The van der Waals surface area contributed by atoms with Crippen LogP contribution in [0, 0.1) is 5.92 Å². The first-order valence-electron chi connectivity index (χ1n) is 8.69. The first kappa shape index (κ1) is 14.8. The van der Waals surface area contributed by atoms with Crippen LogP contribution in [0.3, 0.4) is 0 Å². The molecule has 1 spiro atoms. The van der Waals surface area contributed by atoms with Crippen LogP contribution in [-0.2, 0) is 4.74 Å². The zero-order valence-corrected chi connectivity index (χ0v) is 13.0. The topological polar surface area (TPSA) is 41.5 Å². The zero-order valence-electron chi connectivity index (χ0n) is 13.0. The average Bonchev–Trinajstić information content (AvgIpc) is 3.10. The van der Waals surface area contributed by atoms with Gasteiger partial charge in [0.2, 0.25) is 0 Å². The summed E-state index contributed by atoms with van der Waals surface area (Å²) >= 11 is 0. The fourth-order valence-electron chi connectivity index (χ4n) is 4.46. The third-order valence-electron chi connectivity index (χ3n) is 6.09. The van der Waals surface area contributed by atoms with Crippen LogP contribution in [0.25, 0.3) is 0 Å². The van der Waals surface area contributed by atoms with Gasteiger partial charge in [-0.3, -0.25) is 0 Å². The lowest BCUT2D eigenvalue weighted by Gasteiger charge is -2.39. The van der Waals surface area contributed by atoms with Gasteiger partial charge >= 0.3 is 0 Å². The molecule has 1 heterocycles. The van der Waals surface area contributed by atoms with Gasteiger partial charge in [-0.1, -0.05) is 19.8 Å². The van der Waals surface area contributed by atoms with E-state index in [1.165, 1.54) is 51.4 Å². The quantitative estimate of drug-likeness (QED) is 0.832.